The maximum absolute atomic E-state index is 8.21. The van der Waals surface area contributed by atoms with E-state index in [4.69, 9.17) is 14.7 Å². The van der Waals surface area contributed by atoms with Crippen LogP contribution in [0.1, 0.15) is 12.8 Å². The predicted octanol–water partition coefficient (Wildman–Crippen LogP) is 0.663. The van der Waals surface area contributed by atoms with Crippen molar-refractivity contribution in [2.75, 3.05) is 13.2 Å². The van der Waals surface area contributed by atoms with E-state index in [0.29, 0.717) is 6.42 Å². The van der Waals surface area contributed by atoms with E-state index in [9.17, 15) is 0 Å². The van der Waals surface area contributed by atoms with Crippen LogP contribution in [0.4, 0.5) is 0 Å². The van der Waals surface area contributed by atoms with Crippen LogP contribution in [0.2, 0.25) is 0 Å². The molecule has 1 saturated heterocycles. The van der Waals surface area contributed by atoms with E-state index in [-0.39, 0.29) is 6.29 Å². The van der Waals surface area contributed by atoms with E-state index >= 15 is 0 Å². The minimum atomic E-state index is -0.260. The van der Waals surface area contributed by atoms with Crippen molar-refractivity contribution in [3.63, 3.8) is 0 Å². The lowest BCUT2D eigenvalue weighted by molar-refractivity contribution is -0.174. The highest BCUT2D eigenvalue weighted by atomic mass is 16.7. The second-order valence-corrected chi connectivity index (χ2v) is 1.89. The molecule has 0 aliphatic carbocycles. The molecular formula is C6H9NO2. The summed E-state index contributed by atoms with van der Waals surface area (Å²) in [5.74, 6) is 0. The molecule has 0 bridgehead atoms. The zero-order valence-corrected chi connectivity index (χ0v) is 5.17. The lowest BCUT2D eigenvalue weighted by Gasteiger charge is -2.20. The van der Waals surface area contributed by atoms with Gasteiger partial charge in [-0.3, -0.25) is 0 Å². The van der Waals surface area contributed by atoms with E-state index in [0.717, 1.165) is 19.6 Å². The summed E-state index contributed by atoms with van der Waals surface area (Å²) in [6.07, 6.45) is 1.03. The number of ether oxygens (including phenoxy) is 2. The molecule has 0 aromatic rings. The largest absolute Gasteiger partial charge is 0.351 e. The molecule has 3 nitrogen and oxygen atoms in total. The van der Waals surface area contributed by atoms with Crippen molar-refractivity contribution in [2.45, 2.75) is 19.1 Å². The fourth-order valence-electron chi connectivity index (χ4n) is 0.729. The first-order valence-electron chi connectivity index (χ1n) is 3.03. The van der Waals surface area contributed by atoms with Crippen LogP contribution in [0.25, 0.3) is 0 Å². The molecular weight excluding hydrogens is 118 g/mol. The van der Waals surface area contributed by atoms with Gasteiger partial charge in [-0.05, 0) is 6.42 Å². The van der Waals surface area contributed by atoms with Crippen molar-refractivity contribution < 1.29 is 9.47 Å². The number of rotatable bonds is 1. The van der Waals surface area contributed by atoms with E-state index in [2.05, 4.69) is 0 Å². The SMILES string of the molecule is N#CCC1OCCCO1. The van der Waals surface area contributed by atoms with Crippen LogP contribution >= 0.6 is 0 Å². The molecule has 0 spiro atoms. The van der Waals surface area contributed by atoms with Crippen LogP contribution in [0.5, 0.6) is 0 Å². The highest BCUT2D eigenvalue weighted by Crippen LogP contribution is 2.06. The topological polar surface area (TPSA) is 42.2 Å². The Hall–Kier alpha value is -0.590. The predicted molar refractivity (Wildman–Crippen MR) is 30.5 cm³/mol. The first-order valence-corrected chi connectivity index (χ1v) is 3.03. The van der Waals surface area contributed by atoms with Crippen LogP contribution in [-0.4, -0.2) is 19.5 Å². The van der Waals surface area contributed by atoms with Crippen LogP contribution < -0.4 is 0 Å². The Morgan fingerprint density at radius 3 is 2.67 bits per heavy atom. The van der Waals surface area contributed by atoms with Gasteiger partial charge in [-0.2, -0.15) is 5.26 Å². The van der Waals surface area contributed by atoms with Crippen molar-refractivity contribution >= 4 is 0 Å². The zero-order valence-electron chi connectivity index (χ0n) is 5.17. The summed E-state index contributed by atoms with van der Waals surface area (Å²) in [5, 5.41) is 8.21. The summed E-state index contributed by atoms with van der Waals surface area (Å²) in [5.41, 5.74) is 0. The van der Waals surface area contributed by atoms with Gasteiger partial charge in [-0.15, -0.1) is 0 Å². The van der Waals surface area contributed by atoms with E-state index in [1.165, 1.54) is 0 Å². The maximum atomic E-state index is 8.21. The molecule has 1 rings (SSSR count). The Bertz CT molecular complexity index is 113. The Labute approximate surface area is 54.2 Å². The minimum absolute atomic E-state index is 0.260. The van der Waals surface area contributed by atoms with Gasteiger partial charge < -0.3 is 9.47 Å². The molecule has 9 heavy (non-hydrogen) atoms. The molecule has 0 amide bonds. The fourth-order valence-corrected chi connectivity index (χ4v) is 0.729. The molecule has 50 valence electrons. The lowest BCUT2D eigenvalue weighted by atomic mass is 10.4. The highest BCUT2D eigenvalue weighted by molar-refractivity contribution is 4.72. The van der Waals surface area contributed by atoms with Crippen molar-refractivity contribution in [1.82, 2.24) is 0 Å². The molecule has 0 atom stereocenters. The molecule has 0 aromatic carbocycles. The molecule has 1 aliphatic heterocycles. The van der Waals surface area contributed by atoms with Gasteiger partial charge in [0.25, 0.3) is 0 Å². The average molecular weight is 127 g/mol. The molecule has 0 radical (unpaired) electrons. The van der Waals surface area contributed by atoms with Gasteiger partial charge >= 0.3 is 0 Å². The molecule has 0 unspecified atom stereocenters. The van der Waals surface area contributed by atoms with Crippen molar-refractivity contribution in [3.8, 4) is 6.07 Å². The average Bonchev–Trinajstić information content (AvgIpc) is 1.91. The van der Waals surface area contributed by atoms with Gasteiger partial charge in [0.1, 0.15) is 0 Å². The summed E-state index contributed by atoms with van der Waals surface area (Å²) in [6, 6.07) is 1.99. The number of hydrogen-bond acceptors (Lipinski definition) is 3. The maximum Gasteiger partial charge on any atom is 0.170 e. The first-order chi connectivity index (χ1) is 4.43. The fraction of sp³-hybridized carbons (Fsp3) is 0.833. The molecule has 0 aromatic heterocycles. The zero-order chi connectivity index (χ0) is 6.53. The van der Waals surface area contributed by atoms with Crippen molar-refractivity contribution in [3.05, 3.63) is 0 Å². The second kappa shape index (κ2) is 3.44. The second-order valence-electron chi connectivity index (χ2n) is 1.89. The van der Waals surface area contributed by atoms with E-state index < -0.39 is 0 Å². The standard InChI is InChI=1S/C6H9NO2/c7-3-2-6-8-4-1-5-9-6/h6H,1-2,4-5H2. The van der Waals surface area contributed by atoms with E-state index in [1.807, 2.05) is 6.07 Å². The Morgan fingerprint density at radius 1 is 1.44 bits per heavy atom. The molecule has 0 saturated carbocycles. The molecule has 0 N–H and O–H groups in total. The minimum Gasteiger partial charge on any atom is -0.351 e. The Balaban J connectivity index is 2.17. The Kier molecular flexibility index (Phi) is 2.49. The van der Waals surface area contributed by atoms with Crippen molar-refractivity contribution in [1.29, 1.82) is 5.26 Å². The number of nitrogens with zero attached hydrogens (tertiary/aromatic N) is 1. The third kappa shape index (κ3) is 2.00. The highest BCUT2D eigenvalue weighted by Gasteiger charge is 2.12. The van der Waals surface area contributed by atoms with Crippen LogP contribution in [-0.2, 0) is 9.47 Å². The molecule has 3 heteroatoms. The van der Waals surface area contributed by atoms with Crippen molar-refractivity contribution in [2.24, 2.45) is 0 Å². The smallest absolute Gasteiger partial charge is 0.170 e. The monoisotopic (exact) mass is 127 g/mol. The molecule has 1 heterocycles. The summed E-state index contributed by atoms with van der Waals surface area (Å²) in [7, 11) is 0. The normalized spacial score (nSPS) is 21.2. The molecule has 1 fully saturated rings. The van der Waals surface area contributed by atoms with Gasteiger partial charge in [0, 0.05) is 0 Å². The summed E-state index contributed by atoms with van der Waals surface area (Å²) in [4.78, 5) is 0. The number of hydrogen-bond donors (Lipinski definition) is 0. The van der Waals surface area contributed by atoms with Gasteiger partial charge in [0.2, 0.25) is 0 Å². The van der Waals surface area contributed by atoms with Crippen LogP contribution in [0, 0.1) is 11.3 Å². The summed E-state index contributed by atoms with van der Waals surface area (Å²) < 4.78 is 10.1. The van der Waals surface area contributed by atoms with Gasteiger partial charge in [-0.25, -0.2) is 0 Å². The summed E-state index contributed by atoms with van der Waals surface area (Å²) in [6.45, 7) is 1.46. The van der Waals surface area contributed by atoms with Gasteiger partial charge in [0.15, 0.2) is 6.29 Å². The molecule has 1 aliphatic rings. The first kappa shape index (κ1) is 6.53. The number of nitriles is 1. The third-order valence-electron chi connectivity index (χ3n) is 1.15. The van der Waals surface area contributed by atoms with E-state index in [1.54, 1.807) is 0 Å². The quantitative estimate of drug-likeness (QED) is 0.519. The van der Waals surface area contributed by atoms with Gasteiger partial charge in [-0.1, -0.05) is 0 Å². The third-order valence-corrected chi connectivity index (χ3v) is 1.15. The summed E-state index contributed by atoms with van der Waals surface area (Å²) >= 11 is 0. The van der Waals surface area contributed by atoms with Crippen LogP contribution in [0.3, 0.4) is 0 Å². The van der Waals surface area contributed by atoms with Crippen LogP contribution in [0.15, 0.2) is 0 Å². The lowest BCUT2D eigenvalue weighted by Crippen LogP contribution is -2.23. The van der Waals surface area contributed by atoms with Gasteiger partial charge in [0.05, 0.1) is 25.7 Å². The Morgan fingerprint density at radius 2 is 2.11 bits per heavy atom.